The van der Waals surface area contributed by atoms with Crippen molar-refractivity contribution in [2.75, 3.05) is 13.1 Å². The Labute approximate surface area is 90.3 Å². The van der Waals surface area contributed by atoms with Gasteiger partial charge in [0.15, 0.2) is 0 Å². The molecule has 0 radical (unpaired) electrons. The van der Waals surface area contributed by atoms with Crippen LogP contribution in [-0.2, 0) is 0 Å². The second-order valence-corrected chi connectivity index (χ2v) is 2.69. The molecular formula is C9H12Cl2N2. The highest BCUT2D eigenvalue weighted by Crippen LogP contribution is 2.08. The largest absolute Gasteiger partial charge is 0.309 e. The van der Waals surface area contributed by atoms with Gasteiger partial charge in [0.2, 0.25) is 0 Å². The van der Waals surface area contributed by atoms with Gasteiger partial charge in [-0.1, -0.05) is 6.08 Å². The molecule has 0 spiro atoms. The Morgan fingerprint density at radius 1 is 1.15 bits per heavy atom. The molecule has 1 aromatic heterocycles. The Hall–Kier alpha value is -0.570. The van der Waals surface area contributed by atoms with E-state index in [4.69, 9.17) is 0 Å². The standard InChI is InChI=1S/C9H10N2.2ClH/c1-3-10-4-2-8(1)5-9-6-11-7-9;;/h1-5,11H,6-7H2;2*1H. The van der Waals surface area contributed by atoms with Crippen molar-refractivity contribution in [2.45, 2.75) is 0 Å². The van der Waals surface area contributed by atoms with Crippen molar-refractivity contribution in [1.82, 2.24) is 10.3 Å². The minimum absolute atomic E-state index is 0. The van der Waals surface area contributed by atoms with Crippen LogP contribution in [0.15, 0.2) is 30.1 Å². The van der Waals surface area contributed by atoms with Crippen molar-refractivity contribution in [3.05, 3.63) is 35.7 Å². The maximum Gasteiger partial charge on any atom is 0.0273 e. The van der Waals surface area contributed by atoms with E-state index in [1.54, 1.807) is 0 Å². The summed E-state index contributed by atoms with van der Waals surface area (Å²) >= 11 is 0. The number of hydrogen-bond donors (Lipinski definition) is 1. The zero-order chi connectivity index (χ0) is 7.52. The van der Waals surface area contributed by atoms with Gasteiger partial charge in [0.25, 0.3) is 0 Å². The number of aromatic nitrogens is 1. The summed E-state index contributed by atoms with van der Waals surface area (Å²) in [6.07, 6.45) is 5.84. The minimum Gasteiger partial charge on any atom is -0.309 e. The first-order valence-corrected chi connectivity index (χ1v) is 3.75. The molecule has 0 unspecified atom stereocenters. The fourth-order valence-corrected chi connectivity index (χ4v) is 1.07. The maximum absolute atomic E-state index is 3.95. The topological polar surface area (TPSA) is 24.9 Å². The van der Waals surface area contributed by atoms with Crippen molar-refractivity contribution >= 4 is 30.9 Å². The normalized spacial score (nSPS) is 13.4. The molecule has 72 valence electrons. The van der Waals surface area contributed by atoms with Crippen molar-refractivity contribution in [1.29, 1.82) is 0 Å². The van der Waals surface area contributed by atoms with Crippen LogP contribution in [0.25, 0.3) is 6.08 Å². The fourth-order valence-electron chi connectivity index (χ4n) is 1.07. The van der Waals surface area contributed by atoms with Crippen molar-refractivity contribution in [3.63, 3.8) is 0 Å². The van der Waals surface area contributed by atoms with E-state index in [1.807, 2.05) is 24.5 Å². The van der Waals surface area contributed by atoms with Crippen molar-refractivity contribution in [2.24, 2.45) is 0 Å². The molecule has 2 heterocycles. The molecule has 1 aliphatic heterocycles. The average Bonchev–Trinajstić information content (AvgIpc) is 1.99. The molecule has 0 bridgehead atoms. The number of nitrogens with one attached hydrogen (secondary N) is 1. The molecule has 1 aromatic rings. The van der Waals surface area contributed by atoms with Crippen LogP contribution in [0.4, 0.5) is 0 Å². The van der Waals surface area contributed by atoms with Crippen LogP contribution in [-0.4, -0.2) is 18.1 Å². The zero-order valence-electron chi connectivity index (χ0n) is 7.06. The van der Waals surface area contributed by atoms with E-state index in [-0.39, 0.29) is 24.8 Å². The Bertz CT molecular complexity index is 266. The van der Waals surface area contributed by atoms with Crippen LogP contribution in [0.3, 0.4) is 0 Å². The lowest BCUT2D eigenvalue weighted by atomic mass is 10.1. The van der Waals surface area contributed by atoms with Crippen LogP contribution in [0.1, 0.15) is 5.56 Å². The quantitative estimate of drug-likeness (QED) is 0.780. The molecule has 1 aliphatic rings. The van der Waals surface area contributed by atoms with Gasteiger partial charge in [0.1, 0.15) is 0 Å². The third kappa shape index (κ3) is 3.35. The van der Waals surface area contributed by atoms with Gasteiger partial charge < -0.3 is 5.32 Å². The molecule has 13 heavy (non-hydrogen) atoms. The van der Waals surface area contributed by atoms with Crippen LogP contribution >= 0.6 is 24.8 Å². The van der Waals surface area contributed by atoms with E-state index in [0.29, 0.717) is 0 Å². The van der Waals surface area contributed by atoms with Crippen LogP contribution in [0.5, 0.6) is 0 Å². The van der Waals surface area contributed by atoms with Crippen molar-refractivity contribution in [3.8, 4) is 0 Å². The first kappa shape index (κ1) is 12.4. The predicted octanol–water partition coefficient (Wildman–Crippen LogP) is 1.91. The summed E-state index contributed by atoms with van der Waals surface area (Å²) < 4.78 is 0. The lowest BCUT2D eigenvalue weighted by Crippen LogP contribution is -2.33. The summed E-state index contributed by atoms with van der Waals surface area (Å²) in [7, 11) is 0. The summed E-state index contributed by atoms with van der Waals surface area (Å²) in [5, 5.41) is 3.20. The number of pyridine rings is 1. The Morgan fingerprint density at radius 2 is 1.77 bits per heavy atom. The minimum atomic E-state index is 0. The van der Waals surface area contributed by atoms with Gasteiger partial charge in [-0.2, -0.15) is 0 Å². The van der Waals surface area contributed by atoms with E-state index < -0.39 is 0 Å². The first-order valence-electron chi connectivity index (χ1n) is 3.75. The summed E-state index contributed by atoms with van der Waals surface area (Å²) in [4.78, 5) is 3.95. The van der Waals surface area contributed by atoms with Gasteiger partial charge in [-0.15, -0.1) is 24.8 Å². The monoisotopic (exact) mass is 218 g/mol. The SMILES string of the molecule is C(=C1CNC1)c1ccncc1.Cl.Cl. The van der Waals surface area contributed by atoms with Gasteiger partial charge in [-0.3, -0.25) is 4.98 Å². The van der Waals surface area contributed by atoms with E-state index in [9.17, 15) is 0 Å². The summed E-state index contributed by atoms with van der Waals surface area (Å²) in [5.74, 6) is 0. The summed E-state index contributed by atoms with van der Waals surface area (Å²) in [5.41, 5.74) is 2.72. The first-order chi connectivity index (χ1) is 5.45. The number of rotatable bonds is 1. The van der Waals surface area contributed by atoms with E-state index in [0.717, 1.165) is 13.1 Å². The van der Waals surface area contributed by atoms with Crippen LogP contribution in [0.2, 0.25) is 0 Å². The van der Waals surface area contributed by atoms with E-state index in [1.165, 1.54) is 11.1 Å². The van der Waals surface area contributed by atoms with Gasteiger partial charge in [0.05, 0.1) is 0 Å². The highest BCUT2D eigenvalue weighted by atomic mass is 35.5. The number of nitrogens with zero attached hydrogens (tertiary/aromatic N) is 1. The maximum atomic E-state index is 3.95. The highest BCUT2D eigenvalue weighted by Gasteiger charge is 2.05. The molecule has 4 heteroatoms. The highest BCUT2D eigenvalue weighted by molar-refractivity contribution is 5.85. The van der Waals surface area contributed by atoms with Crippen LogP contribution in [0, 0.1) is 0 Å². The van der Waals surface area contributed by atoms with Gasteiger partial charge in [0, 0.05) is 25.5 Å². The Balaban J connectivity index is 0.000000720. The smallest absolute Gasteiger partial charge is 0.0273 e. The third-order valence-electron chi connectivity index (χ3n) is 1.78. The van der Waals surface area contributed by atoms with E-state index in [2.05, 4.69) is 16.4 Å². The van der Waals surface area contributed by atoms with Crippen molar-refractivity contribution < 1.29 is 0 Å². The number of halogens is 2. The Morgan fingerprint density at radius 3 is 2.23 bits per heavy atom. The number of hydrogen-bond acceptors (Lipinski definition) is 2. The second kappa shape index (κ2) is 5.97. The summed E-state index contributed by atoms with van der Waals surface area (Å²) in [6.45, 7) is 2.09. The lowest BCUT2D eigenvalue weighted by molar-refractivity contribution is 0.675. The molecule has 0 amide bonds. The van der Waals surface area contributed by atoms with Gasteiger partial charge >= 0.3 is 0 Å². The third-order valence-corrected chi connectivity index (χ3v) is 1.78. The molecule has 1 saturated heterocycles. The molecule has 0 aliphatic carbocycles. The van der Waals surface area contributed by atoms with Gasteiger partial charge in [-0.25, -0.2) is 0 Å². The molecular weight excluding hydrogens is 207 g/mol. The fraction of sp³-hybridized carbons (Fsp3) is 0.222. The second-order valence-electron chi connectivity index (χ2n) is 2.69. The van der Waals surface area contributed by atoms with E-state index >= 15 is 0 Å². The average molecular weight is 219 g/mol. The molecule has 0 saturated carbocycles. The summed E-state index contributed by atoms with van der Waals surface area (Å²) in [6, 6.07) is 4.04. The molecule has 2 nitrogen and oxygen atoms in total. The molecule has 0 aromatic carbocycles. The predicted molar refractivity (Wildman–Crippen MR) is 59.6 cm³/mol. The lowest BCUT2D eigenvalue weighted by Gasteiger charge is -2.18. The molecule has 1 fully saturated rings. The zero-order valence-corrected chi connectivity index (χ0v) is 8.70. The molecule has 0 atom stereocenters. The molecule has 1 N–H and O–H groups in total. The van der Waals surface area contributed by atoms with Crippen LogP contribution < -0.4 is 5.32 Å². The molecule has 2 rings (SSSR count). The Kier molecular flexibility index (Phi) is 5.71. The van der Waals surface area contributed by atoms with Gasteiger partial charge in [-0.05, 0) is 23.3 Å².